The number of hydrogen-bond donors (Lipinski definition) is 14. The highest BCUT2D eigenvalue weighted by atomic mass is 32.2. The lowest BCUT2D eigenvalue weighted by atomic mass is 10.0. The number of unbranched alkanes of at least 4 members (excludes halogenated alkanes) is 1. The molecule has 2 aliphatic rings. The van der Waals surface area contributed by atoms with Crippen LogP contribution >= 0.6 is 23.5 Å². The van der Waals surface area contributed by atoms with Crippen LogP contribution in [0.2, 0.25) is 0 Å². The maximum Gasteiger partial charge on any atom is 0.267 e. The molecule has 2 bridgehead atoms. The molecule has 1 fully saturated rings. The van der Waals surface area contributed by atoms with E-state index in [0.717, 1.165) is 23.5 Å². The first-order valence-corrected chi connectivity index (χ1v) is 27.0. The zero-order valence-electron chi connectivity index (χ0n) is 43.1. The molecule has 8 atom stereocenters. The van der Waals surface area contributed by atoms with Crippen LogP contribution in [0.1, 0.15) is 57.6 Å². The summed E-state index contributed by atoms with van der Waals surface area (Å²) < 4.78 is 0. The SMILES string of the molecule is C/C=C(\NC(=O)C(CCCCN)NC(=O)C(C)NC(C)=O)C(=O)NCC(=O)NC1CSCC2NC(=O)C(Cc3ccc(O)cc3)NC(=O)C(CS/C=C\NC2=O)NC(=O)C(CC(N)=O)NC(=O)C(Cc2ccccc2)NC1=O. The Morgan fingerprint density at radius 2 is 1.33 bits per heavy atom. The van der Waals surface area contributed by atoms with Gasteiger partial charge in [-0.3, -0.25) is 57.5 Å². The standard InChI is InChI=1S/C50H67N13O13S2/c1-4-32(57-45(71)33(12-8-9-17-51)58-42(68)27(2)55-28(3)64)43(69)54-23-41(67)56-38-26-78-25-37-44(70)53-18-19-77-24-39(50(76)60-35(47(73)62-37)21-30-13-15-31(65)16-14-30)63-48(74)36(22-40(52)66)61-46(72)34(59-49(38)75)20-29-10-6-5-7-11-29/h4-7,10-11,13-16,18-19,27,33-39,65H,8-9,12,17,20-26,51H2,1-3H3,(H2,52,66)(H,53,70)(H,54,69)(H,55,64)(H,56,67)(H,57,71)(H,58,68)(H,59,75)(H,60,76)(H,61,72)(H,62,73)(H,63,74)/b19-18-,32-4-. The number of phenolic OH excluding ortho intramolecular Hbond substituents is 1. The van der Waals surface area contributed by atoms with Gasteiger partial charge in [0.1, 0.15) is 59.8 Å². The molecule has 0 saturated carbocycles. The van der Waals surface area contributed by atoms with Crippen LogP contribution in [0.3, 0.4) is 0 Å². The van der Waals surface area contributed by atoms with Crippen LogP contribution in [-0.4, -0.2) is 155 Å². The van der Waals surface area contributed by atoms with Gasteiger partial charge in [0.05, 0.1) is 13.0 Å². The van der Waals surface area contributed by atoms with E-state index >= 15 is 0 Å². The van der Waals surface area contributed by atoms with Crippen LogP contribution in [0.4, 0.5) is 0 Å². The smallest absolute Gasteiger partial charge is 0.267 e. The molecule has 12 amide bonds. The number of aromatic hydroxyl groups is 1. The van der Waals surface area contributed by atoms with Crippen molar-refractivity contribution in [3.63, 3.8) is 0 Å². The van der Waals surface area contributed by atoms with E-state index in [0.29, 0.717) is 30.5 Å². The number of amides is 12. The highest BCUT2D eigenvalue weighted by Crippen LogP contribution is 2.15. The summed E-state index contributed by atoms with van der Waals surface area (Å²) in [4.78, 5) is 162. The molecule has 0 aliphatic carbocycles. The lowest BCUT2D eigenvalue weighted by molar-refractivity contribution is -0.135. The molecular formula is C50H67N13O13S2. The number of fused-ring (bicyclic) bond motifs is 6. The number of benzene rings is 2. The Morgan fingerprint density at radius 1 is 0.731 bits per heavy atom. The van der Waals surface area contributed by atoms with Gasteiger partial charge in [0.2, 0.25) is 65.0 Å². The highest BCUT2D eigenvalue weighted by Gasteiger charge is 2.36. The number of hydrogen-bond acceptors (Lipinski definition) is 16. The second-order valence-corrected chi connectivity index (χ2v) is 20.0. The molecule has 16 N–H and O–H groups in total. The van der Waals surface area contributed by atoms with E-state index in [-0.39, 0.29) is 48.0 Å². The van der Waals surface area contributed by atoms with Gasteiger partial charge >= 0.3 is 0 Å². The number of nitrogens with one attached hydrogen (secondary N) is 11. The summed E-state index contributed by atoms with van der Waals surface area (Å²) in [5, 5.41) is 39.1. The van der Waals surface area contributed by atoms with Gasteiger partial charge in [-0.1, -0.05) is 48.5 Å². The summed E-state index contributed by atoms with van der Waals surface area (Å²) in [6.45, 7) is 3.59. The molecule has 422 valence electrons. The Kier molecular flexibility index (Phi) is 25.6. The van der Waals surface area contributed by atoms with Crippen LogP contribution < -0.4 is 70.0 Å². The minimum absolute atomic E-state index is 0.0758. The van der Waals surface area contributed by atoms with Crippen molar-refractivity contribution in [2.75, 3.05) is 30.3 Å². The fourth-order valence-corrected chi connectivity index (χ4v) is 9.37. The van der Waals surface area contributed by atoms with Gasteiger partial charge in [0, 0.05) is 43.2 Å². The van der Waals surface area contributed by atoms with Crippen LogP contribution in [0.25, 0.3) is 0 Å². The molecule has 0 spiro atoms. The van der Waals surface area contributed by atoms with Gasteiger partial charge in [-0.05, 0) is 68.3 Å². The van der Waals surface area contributed by atoms with Crippen LogP contribution in [0, 0.1) is 0 Å². The first-order chi connectivity index (χ1) is 37.2. The number of thioether (sulfide) groups is 2. The van der Waals surface area contributed by atoms with E-state index in [1.54, 1.807) is 30.3 Å². The predicted molar refractivity (Wildman–Crippen MR) is 287 cm³/mol. The largest absolute Gasteiger partial charge is 0.508 e. The van der Waals surface area contributed by atoms with Crippen molar-refractivity contribution in [2.24, 2.45) is 11.5 Å². The highest BCUT2D eigenvalue weighted by molar-refractivity contribution is 8.02. The third-order valence-electron chi connectivity index (χ3n) is 11.7. The summed E-state index contributed by atoms with van der Waals surface area (Å²) >= 11 is 1.90. The molecule has 4 rings (SSSR count). The summed E-state index contributed by atoms with van der Waals surface area (Å²) in [7, 11) is 0. The van der Waals surface area contributed by atoms with Crippen molar-refractivity contribution >= 4 is 94.4 Å². The second-order valence-electron chi connectivity index (χ2n) is 18.0. The van der Waals surface area contributed by atoms with E-state index in [4.69, 9.17) is 11.5 Å². The quantitative estimate of drug-likeness (QED) is 0.0476. The van der Waals surface area contributed by atoms with Gasteiger partial charge < -0.3 is 75.1 Å². The fraction of sp³-hybridized carbons (Fsp3) is 0.440. The maximum absolute atomic E-state index is 14.4. The third-order valence-corrected chi connectivity index (χ3v) is 13.7. The number of carbonyl (C=O) groups excluding carboxylic acids is 12. The van der Waals surface area contributed by atoms with E-state index in [1.807, 2.05) is 0 Å². The summed E-state index contributed by atoms with van der Waals surface area (Å²) in [6, 6.07) is 2.98. The van der Waals surface area contributed by atoms with E-state index in [2.05, 4.69) is 58.5 Å². The summed E-state index contributed by atoms with van der Waals surface area (Å²) in [5.74, 6) is -11.1. The molecule has 0 aromatic heterocycles. The second kappa shape index (κ2) is 31.9. The summed E-state index contributed by atoms with van der Waals surface area (Å²) in [6.07, 6.45) is 2.40. The van der Waals surface area contributed by atoms with Gasteiger partial charge in [0.25, 0.3) is 5.91 Å². The lowest BCUT2D eigenvalue weighted by Crippen LogP contribution is -2.61. The number of carbonyl (C=O) groups is 12. The molecule has 2 aromatic rings. The minimum Gasteiger partial charge on any atom is -0.508 e. The monoisotopic (exact) mass is 1120 g/mol. The van der Waals surface area contributed by atoms with Crippen LogP contribution in [0.15, 0.2) is 78.0 Å². The topological polar surface area (TPSA) is 409 Å². The molecule has 1 saturated heterocycles. The van der Waals surface area contributed by atoms with Gasteiger partial charge in [0.15, 0.2) is 0 Å². The lowest BCUT2D eigenvalue weighted by Gasteiger charge is -2.26. The van der Waals surface area contributed by atoms with Crippen molar-refractivity contribution in [1.29, 1.82) is 0 Å². The van der Waals surface area contributed by atoms with Gasteiger partial charge in [-0.15, -0.1) is 11.8 Å². The molecule has 78 heavy (non-hydrogen) atoms. The van der Waals surface area contributed by atoms with E-state index < -0.39 is 132 Å². The van der Waals surface area contributed by atoms with Crippen molar-refractivity contribution in [3.05, 3.63) is 89.1 Å². The molecule has 28 heteroatoms. The number of nitrogens with two attached hydrogens (primary N) is 2. The maximum atomic E-state index is 14.4. The van der Waals surface area contributed by atoms with Crippen molar-refractivity contribution in [1.82, 2.24) is 58.5 Å². The van der Waals surface area contributed by atoms with Crippen LogP contribution in [-0.2, 0) is 70.4 Å². The Hall–Kier alpha value is -7.98. The normalized spacial score (nSPS) is 22.0. The summed E-state index contributed by atoms with van der Waals surface area (Å²) in [5.41, 5.74) is 11.9. The van der Waals surface area contributed by atoms with E-state index in [1.165, 1.54) is 62.7 Å². The molecule has 0 radical (unpaired) electrons. The molecule has 26 nitrogen and oxygen atoms in total. The average molecular weight is 1120 g/mol. The number of primary amides is 1. The fourth-order valence-electron chi connectivity index (χ4n) is 7.59. The van der Waals surface area contributed by atoms with E-state index in [9.17, 15) is 62.6 Å². The predicted octanol–water partition coefficient (Wildman–Crippen LogP) is -3.68. The van der Waals surface area contributed by atoms with Gasteiger partial charge in [-0.25, -0.2) is 0 Å². The Labute approximate surface area is 458 Å². The zero-order valence-corrected chi connectivity index (χ0v) is 44.8. The van der Waals surface area contributed by atoms with Crippen molar-refractivity contribution in [2.45, 2.75) is 108 Å². The first-order valence-electron chi connectivity index (χ1n) is 24.8. The molecule has 2 aliphatic heterocycles. The first kappa shape index (κ1) is 62.6. The van der Waals surface area contributed by atoms with Gasteiger partial charge in [-0.2, -0.15) is 11.8 Å². The molecule has 8 unspecified atom stereocenters. The number of phenols is 1. The number of rotatable bonds is 19. The zero-order chi connectivity index (χ0) is 57.3. The molecular weight excluding hydrogens is 1050 g/mol. The van der Waals surface area contributed by atoms with Crippen molar-refractivity contribution in [3.8, 4) is 5.75 Å². The minimum atomic E-state index is -1.72. The molecule has 2 heterocycles. The van der Waals surface area contributed by atoms with Crippen LogP contribution in [0.5, 0.6) is 5.75 Å². The Bertz CT molecular complexity index is 2570. The number of allylic oxidation sites excluding steroid dienone is 1. The van der Waals surface area contributed by atoms with Crippen molar-refractivity contribution < 1.29 is 62.6 Å². The molecule has 2 aromatic carbocycles. The Balaban J connectivity index is 1.67. The Morgan fingerprint density at radius 3 is 1.96 bits per heavy atom. The third kappa shape index (κ3) is 21.2. The average Bonchev–Trinajstić information content (AvgIpc) is 3.40.